The van der Waals surface area contributed by atoms with E-state index < -0.39 is 5.97 Å². The van der Waals surface area contributed by atoms with Gasteiger partial charge < -0.3 is 10.0 Å². The molecule has 0 aromatic carbocycles. The molecule has 1 fully saturated rings. The van der Waals surface area contributed by atoms with E-state index in [9.17, 15) is 9.59 Å². The fraction of sp³-hybridized carbons (Fsp3) is 0.583. The number of carbonyl (C=O) groups excluding carboxylic acids is 1. The predicted molar refractivity (Wildman–Crippen MR) is 71.7 cm³/mol. The summed E-state index contributed by atoms with van der Waals surface area (Å²) in [6.07, 6.45) is 0.985. The molecule has 2 heterocycles. The van der Waals surface area contributed by atoms with Gasteiger partial charge in [-0.1, -0.05) is 6.92 Å². The van der Waals surface area contributed by atoms with Crippen LogP contribution in [0.15, 0.2) is 5.38 Å². The summed E-state index contributed by atoms with van der Waals surface area (Å²) in [5, 5.41) is 10.5. The molecule has 0 spiro atoms. The second-order valence-electron chi connectivity index (χ2n) is 4.64. The first-order valence-corrected chi connectivity index (χ1v) is 7.09. The van der Waals surface area contributed by atoms with E-state index in [1.807, 2.05) is 0 Å². The molecule has 1 saturated heterocycles. The van der Waals surface area contributed by atoms with Crippen molar-refractivity contribution in [2.75, 3.05) is 26.7 Å². The van der Waals surface area contributed by atoms with Gasteiger partial charge in [-0.15, -0.1) is 11.3 Å². The molecular formula is C12H17N3O3S. The van der Waals surface area contributed by atoms with E-state index in [1.54, 1.807) is 4.90 Å². The Morgan fingerprint density at radius 1 is 1.53 bits per heavy atom. The van der Waals surface area contributed by atoms with Crippen LogP contribution in [0.5, 0.6) is 0 Å². The Labute approximate surface area is 115 Å². The third-order valence-electron chi connectivity index (χ3n) is 3.44. The Morgan fingerprint density at radius 3 is 2.84 bits per heavy atom. The first-order valence-electron chi connectivity index (χ1n) is 6.21. The minimum absolute atomic E-state index is 0.0606. The minimum Gasteiger partial charge on any atom is -0.476 e. The highest BCUT2D eigenvalue weighted by molar-refractivity contribution is 7.11. The summed E-state index contributed by atoms with van der Waals surface area (Å²) < 4.78 is 0. The van der Waals surface area contributed by atoms with Gasteiger partial charge in [-0.25, -0.2) is 9.78 Å². The van der Waals surface area contributed by atoms with Crippen molar-refractivity contribution in [3.63, 3.8) is 0 Å². The number of aromatic carboxylic acids is 1. The van der Waals surface area contributed by atoms with Crippen LogP contribution in [-0.4, -0.2) is 64.5 Å². The van der Waals surface area contributed by atoms with Gasteiger partial charge in [0.15, 0.2) is 10.7 Å². The van der Waals surface area contributed by atoms with Crippen LogP contribution >= 0.6 is 11.3 Å². The van der Waals surface area contributed by atoms with Gasteiger partial charge in [-0.3, -0.25) is 9.69 Å². The molecule has 1 aliphatic rings. The maximum Gasteiger partial charge on any atom is 0.355 e. The molecule has 7 heteroatoms. The second kappa shape index (κ2) is 5.66. The minimum atomic E-state index is -1.10. The summed E-state index contributed by atoms with van der Waals surface area (Å²) in [6.45, 7) is 4.27. The molecule has 1 aromatic heterocycles. The summed E-state index contributed by atoms with van der Waals surface area (Å²) in [5.41, 5.74) is -0.0606. The number of nitrogens with zero attached hydrogens (tertiary/aromatic N) is 3. The number of hydrogen-bond donors (Lipinski definition) is 1. The highest BCUT2D eigenvalue weighted by atomic mass is 32.1. The molecule has 1 unspecified atom stereocenters. The normalized spacial score (nSPS) is 20.5. The van der Waals surface area contributed by atoms with E-state index in [1.165, 1.54) is 5.38 Å². The molecule has 1 amide bonds. The summed E-state index contributed by atoms with van der Waals surface area (Å²) in [4.78, 5) is 30.9. The maximum atomic E-state index is 12.3. The van der Waals surface area contributed by atoms with Crippen LogP contribution < -0.4 is 0 Å². The van der Waals surface area contributed by atoms with Crippen LogP contribution in [0, 0.1) is 0 Å². The van der Waals surface area contributed by atoms with E-state index in [-0.39, 0.29) is 16.6 Å². The number of thiazole rings is 1. The van der Waals surface area contributed by atoms with Crippen molar-refractivity contribution in [1.82, 2.24) is 14.8 Å². The summed E-state index contributed by atoms with van der Waals surface area (Å²) in [6, 6.07) is 0.358. The number of piperazine rings is 1. The molecule has 1 atom stereocenters. The second-order valence-corrected chi connectivity index (χ2v) is 5.50. The third kappa shape index (κ3) is 2.93. The van der Waals surface area contributed by atoms with Crippen molar-refractivity contribution in [2.24, 2.45) is 0 Å². The van der Waals surface area contributed by atoms with Crippen molar-refractivity contribution in [3.05, 3.63) is 16.1 Å². The van der Waals surface area contributed by atoms with Crippen LogP contribution in [0.1, 0.15) is 33.6 Å². The SMILES string of the molecule is CCC1CN(C(=O)c2nc(C(=O)O)cs2)CCN1C. The van der Waals surface area contributed by atoms with Crippen molar-refractivity contribution >= 4 is 23.2 Å². The fourth-order valence-corrected chi connectivity index (χ4v) is 2.93. The Bertz CT molecular complexity index is 488. The standard InChI is InChI=1S/C12H17N3O3S/c1-3-8-6-15(5-4-14(8)2)11(16)10-13-9(7-19-10)12(17)18/h7-8H,3-6H2,1-2H3,(H,17,18). The molecule has 2 rings (SSSR count). The number of amides is 1. The van der Waals surface area contributed by atoms with E-state index in [4.69, 9.17) is 5.11 Å². The van der Waals surface area contributed by atoms with Crippen LogP contribution in [0.3, 0.4) is 0 Å². The average molecular weight is 283 g/mol. The van der Waals surface area contributed by atoms with Crippen molar-refractivity contribution < 1.29 is 14.7 Å². The first-order chi connectivity index (χ1) is 9.02. The molecule has 0 saturated carbocycles. The van der Waals surface area contributed by atoms with Gasteiger partial charge in [0.05, 0.1) is 0 Å². The van der Waals surface area contributed by atoms with Crippen LogP contribution in [0.2, 0.25) is 0 Å². The molecule has 19 heavy (non-hydrogen) atoms. The van der Waals surface area contributed by atoms with Gasteiger partial charge in [0.2, 0.25) is 0 Å². The zero-order valence-electron chi connectivity index (χ0n) is 11.0. The molecule has 6 nitrogen and oxygen atoms in total. The maximum absolute atomic E-state index is 12.3. The zero-order chi connectivity index (χ0) is 14.0. The van der Waals surface area contributed by atoms with Gasteiger partial charge in [0.1, 0.15) is 0 Å². The van der Waals surface area contributed by atoms with Crippen molar-refractivity contribution in [2.45, 2.75) is 19.4 Å². The molecule has 1 aliphatic heterocycles. The lowest BCUT2D eigenvalue weighted by Crippen LogP contribution is -2.52. The molecule has 0 aliphatic carbocycles. The number of rotatable bonds is 3. The van der Waals surface area contributed by atoms with Gasteiger partial charge in [0.25, 0.3) is 5.91 Å². The molecule has 104 valence electrons. The van der Waals surface area contributed by atoms with E-state index in [0.29, 0.717) is 19.1 Å². The average Bonchev–Trinajstić information content (AvgIpc) is 2.88. The number of hydrogen-bond acceptors (Lipinski definition) is 5. The number of likely N-dealkylation sites (N-methyl/N-ethyl adjacent to an activating group) is 1. The van der Waals surface area contributed by atoms with Gasteiger partial charge in [-0.05, 0) is 13.5 Å². The van der Waals surface area contributed by atoms with Gasteiger partial charge in [0, 0.05) is 31.1 Å². The summed E-state index contributed by atoms with van der Waals surface area (Å²) in [7, 11) is 2.06. The Hall–Kier alpha value is -1.47. The number of aromatic nitrogens is 1. The Balaban J connectivity index is 2.08. The van der Waals surface area contributed by atoms with Crippen LogP contribution in [0.4, 0.5) is 0 Å². The van der Waals surface area contributed by atoms with Crippen LogP contribution in [-0.2, 0) is 0 Å². The molecular weight excluding hydrogens is 266 g/mol. The predicted octanol–water partition coefficient (Wildman–Crippen LogP) is 1.01. The topological polar surface area (TPSA) is 73.7 Å². The van der Waals surface area contributed by atoms with Crippen molar-refractivity contribution in [1.29, 1.82) is 0 Å². The van der Waals surface area contributed by atoms with Gasteiger partial charge in [-0.2, -0.15) is 0 Å². The number of carboxylic acid groups (broad SMARTS) is 1. The third-order valence-corrected chi connectivity index (χ3v) is 4.27. The van der Waals surface area contributed by atoms with Crippen molar-refractivity contribution in [3.8, 4) is 0 Å². The largest absolute Gasteiger partial charge is 0.476 e. The molecule has 0 radical (unpaired) electrons. The van der Waals surface area contributed by atoms with E-state index >= 15 is 0 Å². The van der Waals surface area contributed by atoms with Crippen LogP contribution in [0.25, 0.3) is 0 Å². The number of carboxylic acids is 1. The summed E-state index contributed by atoms with van der Waals surface area (Å²) >= 11 is 1.09. The quantitative estimate of drug-likeness (QED) is 0.896. The molecule has 1 aromatic rings. The van der Waals surface area contributed by atoms with E-state index in [2.05, 4.69) is 23.9 Å². The fourth-order valence-electron chi connectivity index (χ4n) is 2.18. The molecule has 0 bridgehead atoms. The smallest absolute Gasteiger partial charge is 0.355 e. The number of carbonyl (C=O) groups is 2. The van der Waals surface area contributed by atoms with E-state index in [0.717, 1.165) is 24.3 Å². The monoisotopic (exact) mass is 283 g/mol. The highest BCUT2D eigenvalue weighted by Crippen LogP contribution is 2.17. The Morgan fingerprint density at radius 2 is 2.26 bits per heavy atom. The highest BCUT2D eigenvalue weighted by Gasteiger charge is 2.28. The summed E-state index contributed by atoms with van der Waals surface area (Å²) in [5.74, 6) is -1.26. The molecule has 1 N–H and O–H groups in total. The lowest BCUT2D eigenvalue weighted by atomic mass is 10.1. The first kappa shape index (κ1) is 14.0. The van der Waals surface area contributed by atoms with Gasteiger partial charge >= 0.3 is 5.97 Å². The lowest BCUT2D eigenvalue weighted by molar-refractivity contribution is 0.0541. The zero-order valence-corrected chi connectivity index (χ0v) is 11.8. The lowest BCUT2D eigenvalue weighted by Gasteiger charge is -2.38. The Kier molecular flexibility index (Phi) is 4.16.